The number of benzene rings is 1. The smallest absolute Gasteiger partial charge is 0.471 e. The molecule has 0 radical (unpaired) electrons. The van der Waals surface area contributed by atoms with Gasteiger partial charge in [0.15, 0.2) is 5.82 Å². The fraction of sp³-hybridized carbons (Fsp3) is 0.412. The van der Waals surface area contributed by atoms with Gasteiger partial charge in [-0.25, -0.2) is 4.98 Å². The van der Waals surface area contributed by atoms with E-state index in [1.807, 2.05) is 20.8 Å². The first kappa shape index (κ1) is 18.9. The molecule has 0 atom stereocenters. The van der Waals surface area contributed by atoms with Crippen molar-refractivity contribution in [3.63, 3.8) is 0 Å². The number of H-pyrrole nitrogens is 1. The molecule has 0 aliphatic heterocycles. The normalized spacial score (nSPS) is 11.8. The van der Waals surface area contributed by atoms with E-state index < -0.39 is 12.1 Å². The van der Waals surface area contributed by atoms with E-state index in [2.05, 4.69) is 29.8 Å². The number of aryl methyl sites for hydroxylation is 4. The lowest BCUT2D eigenvalue weighted by molar-refractivity contribution is -0.159. The third kappa shape index (κ3) is 4.44. The first-order chi connectivity index (χ1) is 12.7. The molecule has 2 heterocycles. The minimum absolute atomic E-state index is 0.111. The Bertz CT molecular complexity index is 910. The van der Waals surface area contributed by atoms with E-state index in [-0.39, 0.29) is 5.82 Å². The summed E-state index contributed by atoms with van der Waals surface area (Å²) in [6.07, 6.45) is -3.25. The van der Waals surface area contributed by atoms with Crippen LogP contribution in [0.5, 0.6) is 5.75 Å². The van der Waals surface area contributed by atoms with Crippen molar-refractivity contribution in [3.8, 4) is 17.1 Å². The molecule has 10 heteroatoms. The largest absolute Gasteiger partial charge is 0.493 e. The topological polar surface area (TPSA) is 89.7 Å². The van der Waals surface area contributed by atoms with Crippen LogP contribution in [0.4, 0.5) is 13.2 Å². The molecule has 0 saturated heterocycles. The van der Waals surface area contributed by atoms with Gasteiger partial charge in [0.05, 0.1) is 6.61 Å². The maximum atomic E-state index is 12.6. The number of ether oxygens (including phenoxy) is 1. The molecule has 0 unspecified atom stereocenters. The SMILES string of the molecule is Cc1nc(CCCOc2c(C)cc(-c3noc(C(F)(F)F)n3)cc2C)n[nH]1. The zero-order valence-corrected chi connectivity index (χ0v) is 15.0. The second-order valence-electron chi connectivity index (χ2n) is 6.15. The van der Waals surface area contributed by atoms with Gasteiger partial charge in [0.2, 0.25) is 5.82 Å². The Labute approximate surface area is 153 Å². The van der Waals surface area contributed by atoms with Crippen molar-refractivity contribution in [2.24, 2.45) is 0 Å². The summed E-state index contributed by atoms with van der Waals surface area (Å²) in [6.45, 7) is 5.93. The molecule has 0 bridgehead atoms. The number of nitrogens with zero attached hydrogens (tertiary/aromatic N) is 4. The Hall–Kier alpha value is -2.91. The van der Waals surface area contributed by atoms with E-state index in [9.17, 15) is 13.2 Å². The standard InChI is InChI=1S/C17H18F3N5O2/c1-9-7-12(15-22-16(27-25-15)17(18,19)20)8-10(2)14(9)26-6-4-5-13-21-11(3)23-24-13/h7-8H,4-6H2,1-3H3,(H,21,23,24). The maximum Gasteiger partial charge on any atom is 0.471 e. The lowest BCUT2D eigenvalue weighted by Crippen LogP contribution is -2.05. The summed E-state index contributed by atoms with van der Waals surface area (Å²) in [5.74, 6) is 0.709. The third-order valence-electron chi connectivity index (χ3n) is 3.82. The molecule has 0 saturated carbocycles. The molecule has 3 aromatic rings. The molecule has 0 spiro atoms. The fourth-order valence-electron chi connectivity index (χ4n) is 2.67. The minimum atomic E-state index is -4.67. The van der Waals surface area contributed by atoms with Crippen molar-refractivity contribution in [2.75, 3.05) is 6.61 Å². The van der Waals surface area contributed by atoms with Gasteiger partial charge in [-0.15, -0.1) is 0 Å². The molecule has 0 amide bonds. The molecule has 1 N–H and O–H groups in total. The maximum absolute atomic E-state index is 12.6. The van der Waals surface area contributed by atoms with Crippen LogP contribution in [0.2, 0.25) is 0 Å². The number of alkyl halides is 3. The highest BCUT2D eigenvalue weighted by Gasteiger charge is 2.38. The molecule has 0 fully saturated rings. The van der Waals surface area contributed by atoms with Crippen LogP contribution in [-0.4, -0.2) is 31.9 Å². The Morgan fingerprint density at radius 1 is 1.11 bits per heavy atom. The molecule has 27 heavy (non-hydrogen) atoms. The molecule has 7 nitrogen and oxygen atoms in total. The van der Waals surface area contributed by atoms with Gasteiger partial charge in [0.1, 0.15) is 11.6 Å². The van der Waals surface area contributed by atoms with Gasteiger partial charge >= 0.3 is 12.1 Å². The Kier molecular flexibility index (Phi) is 5.15. The summed E-state index contributed by atoms with van der Waals surface area (Å²) in [6, 6.07) is 3.35. The zero-order valence-electron chi connectivity index (χ0n) is 15.0. The molecule has 1 aromatic carbocycles. The second-order valence-corrected chi connectivity index (χ2v) is 6.15. The van der Waals surface area contributed by atoms with E-state index in [0.717, 1.165) is 29.2 Å². The molecule has 0 aliphatic rings. The first-order valence-corrected chi connectivity index (χ1v) is 8.27. The number of hydrogen-bond acceptors (Lipinski definition) is 6. The van der Waals surface area contributed by atoms with Crippen molar-refractivity contribution in [1.82, 2.24) is 25.3 Å². The molecule has 0 aliphatic carbocycles. The number of nitrogens with one attached hydrogen (secondary N) is 1. The van der Waals surface area contributed by atoms with Gasteiger partial charge < -0.3 is 9.26 Å². The van der Waals surface area contributed by atoms with Crippen LogP contribution < -0.4 is 4.74 Å². The Morgan fingerprint density at radius 2 is 1.81 bits per heavy atom. The van der Waals surface area contributed by atoms with Crippen molar-refractivity contribution in [1.29, 1.82) is 0 Å². The summed E-state index contributed by atoms with van der Waals surface area (Å²) in [5.41, 5.74) is 1.99. The van der Waals surface area contributed by atoms with Gasteiger partial charge in [0, 0.05) is 12.0 Å². The summed E-state index contributed by atoms with van der Waals surface area (Å²) in [4.78, 5) is 7.64. The van der Waals surface area contributed by atoms with Crippen molar-refractivity contribution in [3.05, 3.63) is 40.8 Å². The minimum Gasteiger partial charge on any atom is -0.493 e. The lowest BCUT2D eigenvalue weighted by atomic mass is 10.1. The highest BCUT2D eigenvalue weighted by atomic mass is 19.4. The zero-order chi connectivity index (χ0) is 19.6. The highest BCUT2D eigenvalue weighted by Crippen LogP contribution is 2.32. The van der Waals surface area contributed by atoms with Crippen LogP contribution in [0.25, 0.3) is 11.4 Å². The lowest BCUT2D eigenvalue weighted by Gasteiger charge is -2.13. The second kappa shape index (κ2) is 7.37. The van der Waals surface area contributed by atoms with Gasteiger partial charge in [0.25, 0.3) is 0 Å². The summed E-state index contributed by atoms with van der Waals surface area (Å²) < 4.78 is 47.9. The predicted molar refractivity (Wildman–Crippen MR) is 89.1 cm³/mol. The van der Waals surface area contributed by atoms with Crippen LogP contribution >= 0.6 is 0 Å². The molecule has 144 valence electrons. The summed E-state index contributed by atoms with van der Waals surface area (Å²) in [5, 5.41) is 10.3. The predicted octanol–water partition coefficient (Wildman–Crippen LogP) is 3.81. The highest BCUT2D eigenvalue weighted by molar-refractivity contribution is 5.61. The van der Waals surface area contributed by atoms with E-state index >= 15 is 0 Å². The van der Waals surface area contributed by atoms with Gasteiger partial charge in [-0.3, -0.25) is 5.10 Å². The van der Waals surface area contributed by atoms with Crippen molar-refractivity contribution < 1.29 is 22.4 Å². The van der Waals surface area contributed by atoms with E-state index in [1.165, 1.54) is 0 Å². The number of aromatic nitrogens is 5. The van der Waals surface area contributed by atoms with Crippen LogP contribution in [0, 0.1) is 20.8 Å². The quantitative estimate of drug-likeness (QED) is 0.653. The first-order valence-electron chi connectivity index (χ1n) is 8.27. The number of rotatable bonds is 6. The Morgan fingerprint density at radius 3 is 2.37 bits per heavy atom. The Balaban J connectivity index is 1.66. The third-order valence-corrected chi connectivity index (χ3v) is 3.82. The monoisotopic (exact) mass is 381 g/mol. The van der Waals surface area contributed by atoms with Crippen molar-refractivity contribution in [2.45, 2.75) is 39.8 Å². The van der Waals surface area contributed by atoms with Crippen LogP contribution in [-0.2, 0) is 12.6 Å². The van der Waals surface area contributed by atoms with E-state index in [0.29, 0.717) is 24.3 Å². The summed E-state index contributed by atoms with van der Waals surface area (Å²) in [7, 11) is 0. The molecular formula is C17H18F3N5O2. The van der Waals surface area contributed by atoms with E-state index in [1.54, 1.807) is 12.1 Å². The van der Waals surface area contributed by atoms with Gasteiger partial charge in [-0.2, -0.15) is 23.3 Å². The number of aromatic amines is 1. The summed E-state index contributed by atoms with van der Waals surface area (Å²) >= 11 is 0. The van der Waals surface area contributed by atoms with Crippen LogP contribution in [0.15, 0.2) is 16.7 Å². The molecule has 2 aromatic heterocycles. The molecular weight excluding hydrogens is 363 g/mol. The number of hydrogen-bond donors (Lipinski definition) is 1. The average Bonchev–Trinajstić information content (AvgIpc) is 3.22. The van der Waals surface area contributed by atoms with Gasteiger partial charge in [-0.1, -0.05) is 5.16 Å². The van der Waals surface area contributed by atoms with Crippen molar-refractivity contribution >= 4 is 0 Å². The van der Waals surface area contributed by atoms with E-state index in [4.69, 9.17) is 4.74 Å². The average molecular weight is 381 g/mol. The molecule has 3 rings (SSSR count). The number of halogens is 3. The van der Waals surface area contributed by atoms with Crippen LogP contribution in [0.3, 0.4) is 0 Å². The fourth-order valence-corrected chi connectivity index (χ4v) is 2.67. The van der Waals surface area contributed by atoms with Gasteiger partial charge in [-0.05, 0) is 50.5 Å². The van der Waals surface area contributed by atoms with Crippen LogP contribution in [0.1, 0.15) is 35.1 Å².